The molecule has 0 aliphatic heterocycles. The van der Waals surface area contributed by atoms with Crippen molar-refractivity contribution in [2.75, 3.05) is 13.2 Å². The third-order valence-electron chi connectivity index (χ3n) is 2.86. The molecule has 1 aromatic rings. The summed E-state index contributed by atoms with van der Waals surface area (Å²) in [5.41, 5.74) is 0.250. The van der Waals surface area contributed by atoms with Crippen LogP contribution < -0.4 is 15.4 Å². The molecular weight excluding hydrogens is 298 g/mol. The van der Waals surface area contributed by atoms with Gasteiger partial charge in [0.1, 0.15) is 11.9 Å². The van der Waals surface area contributed by atoms with Gasteiger partial charge in [0.15, 0.2) is 11.6 Å². The van der Waals surface area contributed by atoms with Gasteiger partial charge in [0.25, 0.3) is 0 Å². The van der Waals surface area contributed by atoms with Crippen molar-refractivity contribution in [1.82, 2.24) is 10.6 Å². The SMILES string of the molecule is C[C@H](CO)NCc1cc(F)cc(F)c1O[C@@H](C)CNC(=O)O. The number of hydrogen-bond donors (Lipinski definition) is 4. The van der Waals surface area contributed by atoms with Gasteiger partial charge in [-0.2, -0.15) is 0 Å². The van der Waals surface area contributed by atoms with Gasteiger partial charge in [-0.3, -0.25) is 0 Å². The molecule has 1 amide bonds. The number of amides is 1. The molecule has 0 heterocycles. The second-order valence-corrected chi connectivity index (χ2v) is 4.95. The first-order valence-corrected chi connectivity index (χ1v) is 6.79. The third kappa shape index (κ3) is 5.82. The van der Waals surface area contributed by atoms with Crippen molar-refractivity contribution in [3.8, 4) is 5.75 Å². The van der Waals surface area contributed by atoms with Crippen LogP contribution in [0.3, 0.4) is 0 Å². The minimum absolute atomic E-state index is 0.0357. The Bertz CT molecular complexity index is 514. The molecule has 0 saturated heterocycles. The van der Waals surface area contributed by atoms with Crippen molar-refractivity contribution >= 4 is 6.09 Å². The molecule has 0 bridgehead atoms. The van der Waals surface area contributed by atoms with Crippen LogP contribution in [0.1, 0.15) is 19.4 Å². The smallest absolute Gasteiger partial charge is 0.404 e. The van der Waals surface area contributed by atoms with Crippen molar-refractivity contribution in [3.63, 3.8) is 0 Å². The first kappa shape index (κ1) is 18.1. The second kappa shape index (κ2) is 8.50. The average molecular weight is 318 g/mol. The summed E-state index contributed by atoms with van der Waals surface area (Å²) in [6.45, 7) is 3.23. The van der Waals surface area contributed by atoms with Gasteiger partial charge in [-0.05, 0) is 19.9 Å². The number of aliphatic hydroxyl groups excluding tert-OH is 1. The quantitative estimate of drug-likeness (QED) is 0.583. The molecule has 0 radical (unpaired) electrons. The lowest BCUT2D eigenvalue weighted by Crippen LogP contribution is -2.33. The summed E-state index contributed by atoms with van der Waals surface area (Å²) in [4.78, 5) is 10.4. The first-order valence-electron chi connectivity index (χ1n) is 6.79. The molecular formula is C14H20F2N2O4. The Labute approximate surface area is 127 Å². The van der Waals surface area contributed by atoms with E-state index >= 15 is 0 Å². The zero-order valence-corrected chi connectivity index (χ0v) is 12.4. The van der Waals surface area contributed by atoms with Gasteiger partial charge < -0.3 is 25.6 Å². The van der Waals surface area contributed by atoms with E-state index in [9.17, 15) is 13.6 Å². The zero-order valence-electron chi connectivity index (χ0n) is 12.4. The lowest BCUT2D eigenvalue weighted by Gasteiger charge is -2.19. The van der Waals surface area contributed by atoms with Crippen LogP contribution in [0, 0.1) is 11.6 Å². The molecule has 0 fully saturated rings. The van der Waals surface area contributed by atoms with Crippen molar-refractivity contribution in [2.45, 2.75) is 32.5 Å². The number of ether oxygens (including phenoxy) is 1. The highest BCUT2D eigenvalue weighted by molar-refractivity contribution is 5.64. The first-order chi connectivity index (χ1) is 10.3. The molecule has 0 saturated carbocycles. The van der Waals surface area contributed by atoms with Crippen molar-refractivity contribution in [3.05, 3.63) is 29.3 Å². The van der Waals surface area contributed by atoms with Crippen LogP contribution in [0.25, 0.3) is 0 Å². The number of hydrogen-bond acceptors (Lipinski definition) is 4. The van der Waals surface area contributed by atoms with Crippen LogP contribution in [0.15, 0.2) is 12.1 Å². The minimum atomic E-state index is -1.21. The van der Waals surface area contributed by atoms with Crippen LogP contribution in [0.2, 0.25) is 0 Å². The maximum Gasteiger partial charge on any atom is 0.404 e. The molecule has 4 N–H and O–H groups in total. The Hall–Kier alpha value is -1.93. The molecule has 0 spiro atoms. The van der Waals surface area contributed by atoms with Crippen molar-refractivity contribution in [2.24, 2.45) is 0 Å². The van der Waals surface area contributed by atoms with Gasteiger partial charge in [-0.15, -0.1) is 0 Å². The summed E-state index contributed by atoms with van der Waals surface area (Å²) in [7, 11) is 0. The van der Waals surface area contributed by atoms with E-state index in [-0.39, 0.29) is 37.1 Å². The lowest BCUT2D eigenvalue weighted by atomic mass is 10.1. The Morgan fingerprint density at radius 3 is 2.64 bits per heavy atom. The largest absolute Gasteiger partial charge is 0.485 e. The van der Waals surface area contributed by atoms with E-state index < -0.39 is 23.8 Å². The lowest BCUT2D eigenvalue weighted by molar-refractivity contribution is 0.175. The molecule has 0 aliphatic rings. The van der Waals surface area contributed by atoms with E-state index in [0.29, 0.717) is 6.07 Å². The predicted octanol–water partition coefficient (Wildman–Crippen LogP) is 1.47. The van der Waals surface area contributed by atoms with E-state index in [1.54, 1.807) is 13.8 Å². The van der Waals surface area contributed by atoms with Crippen LogP contribution in [-0.2, 0) is 6.54 Å². The molecule has 6 nitrogen and oxygen atoms in total. The Kier molecular flexibility index (Phi) is 7.00. The van der Waals surface area contributed by atoms with E-state index in [4.69, 9.17) is 14.9 Å². The minimum Gasteiger partial charge on any atom is -0.485 e. The van der Waals surface area contributed by atoms with Gasteiger partial charge in [-0.1, -0.05) is 0 Å². The van der Waals surface area contributed by atoms with Gasteiger partial charge in [0.05, 0.1) is 13.2 Å². The Morgan fingerprint density at radius 2 is 2.05 bits per heavy atom. The van der Waals surface area contributed by atoms with Gasteiger partial charge in [0, 0.05) is 24.2 Å². The fourth-order valence-corrected chi connectivity index (χ4v) is 1.70. The van der Waals surface area contributed by atoms with E-state index in [2.05, 4.69) is 10.6 Å². The Balaban J connectivity index is 2.84. The molecule has 0 aromatic heterocycles. The molecule has 8 heteroatoms. The van der Waals surface area contributed by atoms with Crippen LogP contribution >= 0.6 is 0 Å². The van der Waals surface area contributed by atoms with E-state index in [0.717, 1.165) is 6.07 Å². The summed E-state index contributed by atoms with van der Waals surface area (Å²) in [5.74, 6) is -1.75. The van der Waals surface area contributed by atoms with Gasteiger partial charge in [-0.25, -0.2) is 13.6 Å². The molecule has 0 aliphatic carbocycles. The topological polar surface area (TPSA) is 90.8 Å². The summed E-state index contributed by atoms with van der Waals surface area (Å²) in [6, 6.07) is 1.59. The molecule has 124 valence electrons. The fraction of sp³-hybridized carbons (Fsp3) is 0.500. The number of carboxylic acid groups (broad SMARTS) is 1. The highest BCUT2D eigenvalue weighted by Gasteiger charge is 2.16. The van der Waals surface area contributed by atoms with Crippen molar-refractivity contribution < 1.29 is 28.5 Å². The monoisotopic (exact) mass is 318 g/mol. The van der Waals surface area contributed by atoms with Crippen molar-refractivity contribution in [1.29, 1.82) is 0 Å². The summed E-state index contributed by atoms with van der Waals surface area (Å²) >= 11 is 0. The summed E-state index contributed by atoms with van der Waals surface area (Å²) in [5, 5.41) is 22.5. The van der Waals surface area contributed by atoms with Crippen LogP contribution in [-0.4, -0.2) is 41.6 Å². The molecule has 0 unspecified atom stereocenters. The number of aliphatic hydroxyl groups is 1. The zero-order chi connectivity index (χ0) is 16.7. The summed E-state index contributed by atoms with van der Waals surface area (Å²) < 4.78 is 32.6. The number of rotatable bonds is 8. The molecule has 1 aromatic carbocycles. The number of carbonyl (C=O) groups is 1. The van der Waals surface area contributed by atoms with E-state index in [1.165, 1.54) is 0 Å². The maximum atomic E-state index is 13.9. The van der Waals surface area contributed by atoms with E-state index in [1.807, 2.05) is 0 Å². The number of halogens is 2. The summed E-state index contributed by atoms with van der Waals surface area (Å²) in [6.07, 6.45) is -1.85. The normalized spacial score (nSPS) is 13.5. The fourth-order valence-electron chi connectivity index (χ4n) is 1.70. The molecule has 22 heavy (non-hydrogen) atoms. The van der Waals surface area contributed by atoms with Gasteiger partial charge >= 0.3 is 6.09 Å². The third-order valence-corrected chi connectivity index (χ3v) is 2.86. The second-order valence-electron chi connectivity index (χ2n) is 4.95. The van der Waals surface area contributed by atoms with Crippen LogP contribution in [0.4, 0.5) is 13.6 Å². The van der Waals surface area contributed by atoms with Gasteiger partial charge in [0.2, 0.25) is 0 Å². The highest BCUT2D eigenvalue weighted by Crippen LogP contribution is 2.25. The maximum absolute atomic E-state index is 13.9. The Morgan fingerprint density at radius 1 is 1.36 bits per heavy atom. The predicted molar refractivity (Wildman–Crippen MR) is 75.9 cm³/mol. The highest BCUT2D eigenvalue weighted by atomic mass is 19.1. The number of nitrogens with one attached hydrogen (secondary N) is 2. The standard InChI is InChI=1S/C14H20F2N2O4/c1-8(7-19)17-6-10-3-11(15)4-12(16)13(10)22-9(2)5-18-14(20)21/h3-4,8-9,17-19H,5-7H2,1-2H3,(H,20,21)/t8-,9+/m1/s1. The van der Waals surface area contributed by atoms with Crippen LogP contribution in [0.5, 0.6) is 5.75 Å². The average Bonchev–Trinajstić information content (AvgIpc) is 2.45. The number of benzene rings is 1. The molecule has 1 rings (SSSR count). The molecule has 2 atom stereocenters.